The molecule has 3 aromatic rings. The van der Waals surface area contributed by atoms with Crippen LogP contribution in [0.25, 0.3) is 0 Å². The number of benzene rings is 3. The Hall–Kier alpha value is -3.31. The normalized spacial score (nSPS) is 11.5. The third kappa shape index (κ3) is 7.09. The predicted molar refractivity (Wildman–Crippen MR) is 136 cm³/mol. The van der Waals surface area contributed by atoms with Crippen LogP contribution >= 0.6 is 11.6 Å². The van der Waals surface area contributed by atoms with E-state index < -0.39 is 6.04 Å². The molecule has 0 heterocycles. The summed E-state index contributed by atoms with van der Waals surface area (Å²) in [6, 6.07) is 23.9. The van der Waals surface area contributed by atoms with Crippen LogP contribution in [0.4, 0.5) is 0 Å². The number of methoxy groups -OCH3 is 1. The molecule has 0 aliphatic heterocycles. The summed E-state index contributed by atoms with van der Waals surface area (Å²) in [6.45, 7) is 2.80. The van der Waals surface area contributed by atoms with Crippen LogP contribution in [0.2, 0.25) is 5.02 Å². The minimum Gasteiger partial charge on any atom is -0.497 e. The molecule has 6 heteroatoms. The number of hydrogen-bond acceptors (Lipinski definition) is 3. The molecule has 0 aliphatic rings. The molecular weight excluding hydrogens is 448 g/mol. The third-order valence-electron chi connectivity index (χ3n) is 5.63. The second-order valence-corrected chi connectivity index (χ2v) is 8.54. The van der Waals surface area contributed by atoms with Gasteiger partial charge in [-0.15, -0.1) is 0 Å². The van der Waals surface area contributed by atoms with Gasteiger partial charge in [0, 0.05) is 24.5 Å². The van der Waals surface area contributed by atoms with Gasteiger partial charge >= 0.3 is 0 Å². The number of rotatable bonds is 11. The Kier molecular flexibility index (Phi) is 9.53. The Morgan fingerprint density at radius 2 is 1.62 bits per heavy atom. The van der Waals surface area contributed by atoms with Gasteiger partial charge in [-0.2, -0.15) is 0 Å². The van der Waals surface area contributed by atoms with Crippen molar-refractivity contribution in [3.8, 4) is 5.75 Å². The maximum atomic E-state index is 13.7. The van der Waals surface area contributed by atoms with Crippen LogP contribution in [0, 0.1) is 0 Å². The van der Waals surface area contributed by atoms with Gasteiger partial charge in [-0.05, 0) is 41.3 Å². The Bertz CT molecular complexity index is 1070. The summed E-state index contributed by atoms with van der Waals surface area (Å²) in [5, 5.41) is 3.55. The van der Waals surface area contributed by atoms with E-state index in [2.05, 4.69) is 5.32 Å². The molecule has 0 saturated heterocycles. The zero-order chi connectivity index (χ0) is 24.3. The average Bonchev–Trinajstić information content (AvgIpc) is 2.86. The summed E-state index contributed by atoms with van der Waals surface area (Å²) >= 11 is 6.44. The van der Waals surface area contributed by atoms with E-state index in [4.69, 9.17) is 16.3 Å². The standard InChI is InChI=1S/C28H31ClN2O3/c1-3-17-30-28(33)26(18-21-9-5-4-6-10-21)31(20-23-11-7-8-12-25(23)29)27(32)19-22-13-15-24(34-2)16-14-22/h4-16,26H,3,17-20H2,1-2H3,(H,30,33)/t26-/m0/s1. The maximum Gasteiger partial charge on any atom is 0.243 e. The minimum absolute atomic E-state index is 0.141. The molecule has 0 aromatic heterocycles. The zero-order valence-corrected chi connectivity index (χ0v) is 20.4. The molecule has 3 rings (SSSR count). The van der Waals surface area contributed by atoms with Crippen molar-refractivity contribution in [1.82, 2.24) is 10.2 Å². The summed E-state index contributed by atoms with van der Waals surface area (Å²) in [5.41, 5.74) is 2.64. The molecule has 178 valence electrons. The first-order valence-electron chi connectivity index (χ1n) is 11.5. The molecular formula is C28H31ClN2O3. The summed E-state index contributed by atoms with van der Waals surface area (Å²) in [7, 11) is 1.61. The molecule has 0 spiro atoms. The molecule has 34 heavy (non-hydrogen) atoms. The van der Waals surface area contributed by atoms with Gasteiger partial charge in [0.25, 0.3) is 0 Å². The number of halogens is 1. The molecule has 1 N–H and O–H groups in total. The van der Waals surface area contributed by atoms with Gasteiger partial charge in [0.15, 0.2) is 0 Å². The van der Waals surface area contributed by atoms with E-state index in [1.165, 1.54) is 0 Å². The lowest BCUT2D eigenvalue weighted by atomic mass is 10.0. The highest BCUT2D eigenvalue weighted by molar-refractivity contribution is 6.31. The van der Waals surface area contributed by atoms with Crippen LogP contribution in [-0.4, -0.2) is 36.4 Å². The monoisotopic (exact) mass is 478 g/mol. The highest BCUT2D eigenvalue weighted by Crippen LogP contribution is 2.22. The summed E-state index contributed by atoms with van der Waals surface area (Å²) in [5.74, 6) is 0.420. The number of carbonyl (C=O) groups is 2. The second kappa shape index (κ2) is 12.8. The number of amides is 2. The number of nitrogens with one attached hydrogen (secondary N) is 1. The molecule has 2 amide bonds. The molecule has 0 radical (unpaired) electrons. The van der Waals surface area contributed by atoms with Gasteiger partial charge in [-0.25, -0.2) is 0 Å². The van der Waals surface area contributed by atoms with Gasteiger partial charge in [0.1, 0.15) is 11.8 Å². The first-order valence-corrected chi connectivity index (χ1v) is 11.9. The van der Waals surface area contributed by atoms with Crippen LogP contribution < -0.4 is 10.1 Å². The van der Waals surface area contributed by atoms with Crippen molar-refractivity contribution in [2.24, 2.45) is 0 Å². The van der Waals surface area contributed by atoms with Crippen molar-refractivity contribution < 1.29 is 14.3 Å². The number of ether oxygens (including phenoxy) is 1. The van der Waals surface area contributed by atoms with Crippen LogP contribution in [0.15, 0.2) is 78.9 Å². The lowest BCUT2D eigenvalue weighted by Crippen LogP contribution is -2.51. The van der Waals surface area contributed by atoms with Crippen LogP contribution in [0.3, 0.4) is 0 Å². The predicted octanol–water partition coefficient (Wildman–Crippen LogP) is 5.06. The van der Waals surface area contributed by atoms with E-state index in [0.717, 1.165) is 28.9 Å². The fourth-order valence-electron chi connectivity index (χ4n) is 3.75. The van der Waals surface area contributed by atoms with E-state index in [0.29, 0.717) is 18.0 Å². The van der Waals surface area contributed by atoms with Crippen molar-refractivity contribution in [3.05, 3.63) is 101 Å². The van der Waals surface area contributed by atoms with Gasteiger partial charge < -0.3 is 15.0 Å². The van der Waals surface area contributed by atoms with Gasteiger partial charge in [0.2, 0.25) is 11.8 Å². The van der Waals surface area contributed by atoms with Gasteiger partial charge in [-0.1, -0.05) is 79.2 Å². The first kappa shape index (κ1) is 25.3. The van der Waals surface area contributed by atoms with Crippen molar-refractivity contribution in [3.63, 3.8) is 0 Å². The Labute approximate surface area is 206 Å². The molecule has 0 fully saturated rings. The lowest BCUT2D eigenvalue weighted by molar-refractivity contribution is -0.140. The van der Waals surface area contributed by atoms with E-state index in [1.54, 1.807) is 18.1 Å². The van der Waals surface area contributed by atoms with Crippen molar-refractivity contribution in [1.29, 1.82) is 0 Å². The summed E-state index contributed by atoms with van der Waals surface area (Å²) < 4.78 is 5.22. The fraction of sp³-hybridized carbons (Fsp3) is 0.286. The van der Waals surface area contributed by atoms with Crippen LogP contribution in [0.1, 0.15) is 30.0 Å². The van der Waals surface area contributed by atoms with Crippen molar-refractivity contribution in [2.75, 3.05) is 13.7 Å². The molecule has 5 nitrogen and oxygen atoms in total. The zero-order valence-electron chi connectivity index (χ0n) is 19.7. The SMILES string of the molecule is CCCNC(=O)[C@H](Cc1ccccc1)N(Cc1ccccc1Cl)C(=O)Cc1ccc(OC)cc1. The molecule has 0 unspecified atom stereocenters. The number of carbonyl (C=O) groups excluding carboxylic acids is 2. The van der Waals surface area contributed by atoms with Gasteiger partial charge in [-0.3, -0.25) is 9.59 Å². The highest BCUT2D eigenvalue weighted by Gasteiger charge is 2.30. The van der Waals surface area contributed by atoms with Gasteiger partial charge in [0.05, 0.1) is 13.5 Å². The Morgan fingerprint density at radius 3 is 2.26 bits per heavy atom. The molecule has 3 aromatic carbocycles. The van der Waals surface area contributed by atoms with E-state index in [9.17, 15) is 9.59 Å². The maximum absolute atomic E-state index is 13.7. The topological polar surface area (TPSA) is 58.6 Å². The number of hydrogen-bond donors (Lipinski definition) is 1. The largest absolute Gasteiger partial charge is 0.497 e. The summed E-state index contributed by atoms with van der Waals surface area (Å²) in [4.78, 5) is 28.6. The second-order valence-electron chi connectivity index (χ2n) is 8.13. The smallest absolute Gasteiger partial charge is 0.243 e. The Morgan fingerprint density at radius 1 is 0.941 bits per heavy atom. The Balaban J connectivity index is 1.94. The lowest BCUT2D eigenvalue weighted by Gasteiger charge is -2.32. The molecule has 1 atom stereocenters. The van der Waals surface area contributed by atoms with E-state index in [1.807, 2.05) is 79.7 Å². The average molecular weight is 479 g/mol. The van der Waals surface area contributed by atoms with Crippen LogP contribution in [-0.2, 0) is 29.0 Å². The summed E-state index contributed by atoms with van der Waals surface area (Å²) in [6.07, 6.45) is 1.39. The highest BCUT2D eigenvalue weighted by atomic mass is 35.5. The van der Waals surface area contributed by atoms with Crippen LogP contribution in [0.5, 0.6) is 5.75 Å². The fourth-order valence-corrected chi connectivity index (χ4v) is 3.95. The van der Waals surface area contributed by atoms with E-state index >= 15 is 0 Å². The number of nitrogens with zero attached hydrogens (tertiary/aromatic N) is 1. The minimum atomic E-state index is -0.670. The third-order valence-corrected chi connectivity index (χ3v) is 6.00. The molecule has 0 aliphatic carbocycles. The van der Waals surface area contributed by atoms with E-state index in [-0.39, 0.29) is 24.8 Å². The van der Waals surface area contributed by atoms with Crippen molar-refractivity contribution >= 4 is 23.4 Å². The quantitative estimate of drug-likeness (QED) is 0.419. The molecule has 0 bridgehead atoms. The molecule has 0 saturated carbocycles. The van der Waals surface area contributed by atoms with Crippen molar-refractivity contribution in [2.45, 2.75) is 38.8 Å². The first-order chi connectivity index (χ1) is 16.5.